The third-order valence-electron chi connectivity index (χ3n) is 3.77. The number of nitrogens with two attached hydrogens (primary N) is 1. The van der Waals surface area contributed by atoms with Crippen molar-refractivity contribution in [2.24, 2.45) is 17.7 Å². The van der Waals surface area contributed by atoms with E-state index in [9.17, 15) is 8.42 Å². The molecule has 1 heterocycles. The maximum Gasteiger partial charge on any atom is 0.243 e. The van der Waals surface area contributed by atoms with E-state index in [-0.39, 0.29) is 10.8 Å². The average Bonchev–Trinajstić information content (AvgIpc) is 2.47. The summed E-state index contributed by atoms with van der Waals surface area (Å²) in [6.07, 6.45) is 6.99. The van der Waals surface area contributed by atoms with E-state index < -0.39 is 10.0 Å². The molecule has 0 radical (unpaired) electrons. The largest absolute Gasteiger partial charge is 0.292 e. The summed E-state index contributed by atoms with van der Waals surface area (Å²) in [5, 5.41) is 0. The van der Waals surface area contributed by atoms with Crippen molar-refractivity contribution in [2.45, 2.75) is 37.5 Å². The summed E-state index contributed by atoms with van der Waals surface area (Å²) < 4.78 is 26.8. The molecule has 4 N–H and O–H groups in total. The van der Waals surface area contributed by atoms with Crippen LogP contribution in [0.25, 0.3) is 0 Å². The fourth-order valence-electron chi connectivity index (χ4n) is 2.37. The minimum absolute atomic E-state index is 0.0562. The summed E-state index contributed by atoms with van der Waals surface area (Å²) >= 11 is 0. The minimum atomic E-state index is -3.54. The van der Waals surface area contributed by atoms with Gasteiger partial charge in [0.15, 0.2) is 0 Å². The molecule has 1 aromatic rings. The van der Waals surface area contributed by atoms with E-state index in [2.05, 4.69) is 27.0 Å². The highest BCUT2D eigenvalue weighted by atomic mass is 32.2. The van der Waals surface area contributed by atoms with Gasteiger partial charge in [0.1, 0.15) is 4.90 Å². The van der Waals surface area contributed by atoms with Gasteiger partial charge in [0, 0.05) is 6.54 Å². The fourth-order valence-corrected chi connectivity index (χ4v) is 3.38. The summed E-state index contributed by atoms with van der Waals surface area (Å²) in [4.78, 5) is 7.66. The van der Waals surface area contributed by atoms with Crippen LogP contribution < -0.4 is 16.0 Å². The summed E-state index contributed by atoms with van der Waals surface area (Å²) in [6, 6.07) is 0. The second-order valence-corrected chi connectivity index (χ2v) is 7.13. The molecule has 0 atom stereocenters. The van der Waals surface area contributed by atoms with Gasteiger partial charge in [-0.05, 0) is 24.7 Å². The topological polar surface area (TPSA) is 110 Å². The highest BCUT2D eigenvalue weighted by molar-refractivity contribution is 7.89. The van der Waals surface area contributed by atoms with Crippen LogP contribution in [-0.4, -0.2) is 24.9 Å². The van der Waals surface area contributed by atoms with Gasteiger partial charge in [0.05, 0.1) is 12.4 Å². The third kappa shape index (κ3) is 3.87. The molecule has 0 aliphatic heterocycles. The number of nitrogen functional groups attached to an aromatic ring is 1. The lowest BCUT2D eigenvalue weighted by Gasteiger charge is -2.26. The fraction of sp³-hybridized carbons (Fsp3) is 0.667. The van der Waals surface area contributed by atoms with Crippen molar-refractivity contribution < 1.29 is 8.42 Å². The Morgan fingerprint density at radius 1 is 1.25 bits per heavy atom. The Hall–Kier alpha value is -1.25. The quantitative estimate of drug-likeness (QED) is 0.549. The van der Waals surface area contributed by atoms with E-state index in [1.807, 2.05) is 0 Å². The summed E-state index contributed by atoms with van der Waals surface area (Å²) in [7, 11) is -3.54. The van der Waals surface area contributed by atoms with Crippen LogP contribution in [-0.2, 0) is 10.0 Å². The number of nitrogens with zero attached hydrogens (tertiary/aromatic N) is 2. The maximum absolute atomic E-state index is 12.1. The summed E-state index contributed by atoms with van der Waals surface area (Å²) in [6.45, 7) is 2.72. The highest BCUT2D eigenvalue weighted by Gasteiger charge is 2.21. The maximum atomic E-state index is 12.1. The van der Waals surface area contributed by atoms with E-state index in [4.69, 9.17) is 5.84 Å². The zero-order chi connectivity index (χ0) is 14.6. The van der Waals surface area contributed by atoms with E-state index in [1.54, 1.807) is 0 Å². The summed E-state index contributed by atoms with van der Waals surface area (Å²) in [5.74, 6) is 6.50. The van der Waals surface area contributed by atoms with E-state index in [0.717, 1.165) is 18.8 Å². The molecule has 0 saturated heterocycles. The van der Waals surface area contributed by atoms with Gasteiger partial charge in [-0.15, -0.1) is 0 Å². The molecule has 0 aromatic carbocycles. The number of sulfonamides is 1. The van der Waals surface area contributed by atoms with E-state index >= 15 is 0 Å². The molecular formula is C12H21N5O2S. The number of aromatic nitrogens is 2. The number of hydrogen-bond donors (Lipinski definition) is 3. The molecule has 0 bridgehead atoms. The van der Waals surface area contributed by atoms with Gasteiger partial charge >= 0.3 is 0 Å². The van der Waals surface area contributed by atoms with Crippen LogP contribution >= 0.6 is 0 Å². The molecule has 0 unspecified atom stereocenters. The molecule has 0 spiro atoms. The minimum Gasteiger partial charge on any atom is -0.292 e. The number of hydrazine groups is 1. The second-order valence-electron chi connectivity index (χ2n) is 5.36. The number of anilines is 1. The molecule has 20 heavy (non-hydrogen) atoms. The molecule has 1 aliphatic carbocycles. The molecule has 112 valence electrons. The van der Waals surface area contributed by atoms with Crippen molar-refractivity contribution in [1.82, 2.24) is 14.7 Å². The lowest BCUT2D eigenvalue weighted by molar-refractivity contribution is 0.290. The Labute approximate surface area is 119 Å². The predicted molar refractivity (Wildman–Crippen MR) is 76.2 cm³/mol. The van der Waals surface area contributed by atoms with Crippen molar-refractivity contribution in [3.05, 3.63) is 12.4 Å². The van der Waals surface area contributed by atoms with Gasteiger partial charge in [0.25, 0.3) is 0 Å². The van der Waals surface area contributed by atoms with Gasteiger partial charge in [-0.2, -0.15) is 0 Å². The molecule has 1 saturated carbocycles. The Kier molecular flexibility index (Phi) is 4.90. The molecule has 0 amide bonds. The molecular weight excluding hydrogens is 278 g/mol. The molecule has 1 fully saturated rings. The first-order valence-corrected chi connectivity index (χ1v) is 8.28. The Morgan fingerprint density at radius 2 is 1.85 bits per heavy atom. The summed E-state index contributed by atoms with van der Waals surface area (Å²) in [5.41, 5.74) is 2.26. The molecule has 1 aromatic heterocycles. The van der Waals surface area contributed by atoms with Gasteiger partial charge in [-0.1, -0.05) is 19.8 Å². The van der Waals surface area contributed by atoms with Crippen LogP contribution in [0.3, 0.4) is 0 Å². The van der Waals surface area contributed by atoms with Crippen molar-refractivity contribution in [3.63, 3.8) is 0 Å². The molecule has 8 heteroatoms. The molecule has 2 rings (SSSR count). The first-order chi connectivity index (χ1) is 9.51. The van der Waals surface area contributed by atoms with Gasteiger partial charge in [0.2, 0.25) is 16.0 Å². The van der Waals surface area contributed by atoms with Crippen LogP contribution in [0, 0.1) is 11.8 Å². The molecule has 7 nitrogen and oxygen atoms in total. The SMILES string of the molecule is CC1CCC(CNS(=O)(=O)c2cnc(NN)nc2)CC1. The monoisotopic (exact) mass is 299 g/mol. The van der Waals surface area contributed by atoms with Crippen LogP contribution in [0.2, 0.25) is 0 Å². The smallest absolute Gasteiger partial charge is 0.243 e. The van der Waals surface area contributed by atoms with Crippen molar-refractivity contribution in [3.8, 4) is 0 Å². The van der Waals surface area contributed by atoms with Gasteiger partial charge < -0.3 is 0 Å². The van der Waals surface area contributed by atoms with Crippen molar-refractivity contribution in [1.29, 1.82) is 0 Å². The van der Waals surface area contributed by atoms with Crippen LogP contribution in [0.5, 0.6) is 0 Å². The Bertz CT molecular complexity index is 523. The van der Waals surface area contributed by atoms with E-state index in [1.165, 1.54) is 25.2 Å². The zero-order valence-electron chi connectivity index (χ0n) is 11.5. The standard InChI is InChI=1S/C12H21N5O2S/c1-9-2-4-10(5-3-9)6-16-20(18,19)11-7-14-12(17-13)15-8-11/h7-10,16H,2-6,13H2,1H3,(H,14,15,17). The number of hydrogen-bond acceptors (Lipinski definition) is 6. The number of nitrogens with one attached hydrogen (secondary N) is 2. The number of rotatable bonds is 5. The van der Waals surface area contributed by atoms with E-state index in [0.29, 0.717) is 12.5 Å². The lowest BCUT2D eigenvalue weighted by Crippen LogP contribution is -2.31. The van der Waals surface area contributed by atoms with Crippen molar-refractivity contribution in [2.75, 3.05) is 12.0 Å². The zero-order valence-corrected chi connectivity index (χ0v) is 12.4. The van der Waals surface area contributed by atoms with Gasteiger partial charge in [-0.3, -0.25) is 5.43 Å². The average molecular weight is 299 g/mol. The van der Waals surface area contributed by atoms with Crippen LogP contribution in [0.15, 0.2) is 17.3 Å². The second kappa shape index (κ2) is 6.47. The van der Waals surface area contributed by atoms with Gasteiger partial charge in [-0.25, -0.2) is 29.0 Å². The van der Waals surface area contributed by atoms with Crippen molar-refractivity contribution >= 4 is 16.0 Å². The predicted octanol–water partition coefficient (Wildman–Crippen LogP) is 0.867. The Balaban J connectivity index is 1.93. The molecule has 1 aliphatic rings. The lowest BCUT2D eigenvalue weighted by atomic mass is 9.83. The first-order valence-electron chi connectivity index (χ1n) is 6.79. The van der Waals surface area contributed by atoms with Crippen LogP contribution in [0.1, 0.15) is 32.6 Å². The highest BCUT2D eigenvalue weighted by Crippen LogP contribution is 2.27. The first kappa shape index (κ1) is 15.1. The Morgan fingerprint density at radius 3 is 2.40 bits per heavy atom. The van der Waals surface area contributed by atoms with Crippen LogP contribution in [0.4, 0.5) is 5.95 Å². The normalized spacial score (nSPS) is 23.5. The third-order valence-corrected chi connectivity index (χ3v) is 5.14.